The minimum absolute atomic E-state index is 0.00253. The van der Waals surface area contributed by atoms with Crippen LogP contribution in [0, 0.1) is 15.2 Å². The average molecular weight is 433 g/mol. The summed E-state index contributed by atoms with van der Waals surface area (Å²) < 4.78 is 58.0. The molecule has 0 bridgehead atoms. The Morgan fingerprint density at radius 1 is 1.43 bits per heavy atom. The molecule has 0 aliphatic carbocycles. The molecule has 6 nitrogen and oxygen atoms in total. The molecule has 0 saturated carbocycles. The summed E-state index contributed by atoms with van der Waals surface area (Å²) in [5.41, 5.74) is -0.00253. The van der Waals surface area contributed by atoms with E-state index in [1.165, 1.54) is 22.6 Å². The lowest BCUT2D eigenvalue weighted by Gasteiger charge is -2.13. The Labute approximate surface area is 133 Å². The molecule has 1 heterocycles. The van der Waals surface area contributed by atoms with Crippen LogP contribution in [0.1, 0.15) is 0 Å². The van der Waals surface area contributed by atoms with Gasteiger partial charge in [-0.3, -0.25) is 9.08 Å². The molecule has 1 aliphatic heterocycles. The standard InChI is InChI=1S/C11H10F2INO5S/c1-21(17,18)19-5-7-4-15(11(16)20-7)6-2-8(12)10(14)9(13)3-6/h2-3,7H,4-5H2,1H3/t7-/m1/s1. The zero-order valence-corrected chi connectivity index (χ0v) is 13.7. The molecule has 1 aromatic rings. The highest BCUT2D eigenvalue weighted by Crippen LogP contribution is 2.27. The van der Waals surface area contributed by atoms with Gasteiger partial charge in [0.05, 0.1) is 22.1 Å². The van der Waals surface area contributed by atoms with Gasteiger partial charge in [-0.25, -0.2) is 13.6 Å². The monoisotopic (exact) mass is 433 g/mol. The summed E-state index contributed by atoms with van der Waals surface area (Å²) in [5.74, 6) is -1.59. The lowest BCUT2D eigenvalue weighted by atomic mass is 10.2. The van der Waals surface area contributed by atoms with E-state index in [4.69, 9.17) is 4.74 Å². The summed E-state index contributed by atoms with van der Waals surface area (Å²) in [4.78, 5) is 12.7. The number of hydrogen-bond donors (Lipinski definition) is 0. The molecule has 0 spiro atoms. The lowest BCUT2D eigenvalue weighted by Crippen LogP contribution is -2.26. The summed E-state index contributed by atoms with van der Waals surface area (Å²) in [5, 5.41) is 0. The van der Waals surface area contributed by atoms with Gasteiger partial charge in [0.25, 0.3) is 10.1 Å². The first-order valence-corrected chi connectivity index (χ1v) is 8.54. The lowest BCUT2D eigenvalue weighted by molar-refractivity contribution is 0.107. The number of carbonyl (C=O) groups is 1. The van der Waals surface area contributed by atoms with E-state index in [1.54, 1.807) is 0 Å². The Hall–Kier alpha value is -1.01. The van der Waals surface area contributed by atoms with Crippen molar-refractivity contribution < 1.29 is 30.9 Å². The number of halogens is 3. The molecule has 1 amide bonds. The third-order valence-corrected chi connectivity index (χ3v) is 4.22. The van der Waals surface area contributed by atoms with Crippen molar-refractivity contribution in [2.45, 2.75) is 6.10 Å². The topological polar surface area (TPSA) is 72.9 Å². The predicted molar refractivity (Wildman–Crippen MR) is 77.5 cm³/mol. The summed E-state index contributed by atoms with van der Waals surface area (Å²) in [6.45, 7) is -0.412. The Bertz CT molecular complexity index is 658. The van der Waals surface area contributed by atoms with Gasteiger partial charge >= 0.3 is 6.09 Å². The zero-order valence-electron chi connectivity index (χ0n) is 10.7. The van der Waals surface area contributed by atoms with Gasteiger partial charge < -0.3 is 4.74 Å². The number of amides is 1. The summed E-state index contributed by atoms with van der Waals surface area (Å²) in [6.07, 6.45) is -0.791. The molecule has 21 heavy (non-hydrogen) atoms. The summed E-state index contributed by atoms with van der Waals surface area (Å²) in [6, 6.07) is 2.01. The number of carbonyl (C=O) groups excluding carboxylic acids is 1. The van der Waals surface area contributed by atoms with Crippen LogP contribution in [0.4, 0.5) is 19.3 Å². The summed E-state index contributed by atoms with van der Waals surface area (Å²) in [7, 11) is -3.66. The maximum absolute atomic E-state index is 13.5. The van der Waals surface area contributed by atoms with Gasteiger partial charge in [0, 0.05) is 0 Å². The van der Waals surface area contributed by atoms with E-state index in [0.717, 1.165) is 23.3 Å². The average Bonchev–Trinajstić information content (AvgIpc) is 2.73. The minimum Gasteiger partial charge on any atom is -0.441 e. The maximum atomic E-state index is 13.5. The predicted octanol–water partition coefficient (Wildman–Crippen LogP) is 1.87. The highest BCUT2D eigenvalue weighted by Gasteiger charge is 2.34. The van der Waals surface area contributed by atoms with Crippen LogP contribution < -0.4 is 4.90 Å². The minimum atomic E-state index is -3.66. The molecule has 1 aliphatic rings. The van der Waals surface area contributed by atoms with E-state index in [9.17, 15) is 22.0 Å². The first kappa shape index (κ1) is 16.4. The third-order valence-electron chi connectivity index (χ3n) is 2.62. The molecule has 1 aromatic carbocycles. The number of rotatable bonds is 4. The van der Waals surface area contributed by atoms with E-state index < -0.39 is 33.9 Å². The van der Waals surface area contributed by atoms with Gasteiger partial charge in [0.15, 0.2) is 0 Å². The fraction of sp³-hybridized carbons (Fsp3) is 0.364. The van der Waals surface area contributed by atoms with Gasteiger partial charge in [-0.2, -0.15) is 8.42 Å². The molecule has 0 radical (unpaired) electrons. The largest absolute Gasteiger partial charge is 0.441 e. The first-order valence-electron chi connectivity index (χ1n) is 5.64. The van der Waals surface area contributed by atoms with Crippen LogP contribution in [0.25, 0.3) is 0 Å². The number of anilines is 1. The van der Waals surface area contributed by atoms with Crippen molar-refractivity contribution in [3.8, 4) is 0 Å². The normalized spacial score (nSPS) is 19.0. The molecule has 116 valence electrons. The van der Waals surface area contributed by atoms with Gasteiger partial charge in [-0.05, 0) is 34.7 Å². The van der Waals surface area contributed by atoms with E-state index >= 15 is 0 Å². The zero-order chi connectivity index (χ0) is 15.8. The van der Waals surface area contributed by atoms with Crippen LogP contribution in [0.2, 0.25) is 0 Å². The van der Waals surface area contributed by atoms with Crippen LogP contribution in [0.3, 0.4) is 0 Å². The highest BCUT2D eigenvalue weighted by atomic mass is 127. The van der Waals surface area contributed by atoms with Crippen LogP contribution in [-0.4, -0.2) is 40.0 Å². The second kappa shape index (κ2) is 6.01. The van der Waals surface area contributed by atoms with E-state index in [2.05, 4.69) is 4.18 Å². The van der Waals surface area contributed by atoms with Crippen molar-refractivity contribution in [1.82, 2.24) is 0 Å². The molecular weight excluding hydrogens is 423 g/mol. The van der Waals surface area contributed by atoms with Gasteiger partial charge in [-0.1, -0.05) is 0 Å². The first-order chi connectivity index (χ1) is 9.67. The quantitative estimate of drug-likeness (QED) is 0.412. The highest BCUT2D eigenvalue weighted by molar-refractivity contribution is 14.1. The van der Waals surface area contributed by atoms with Gasteiger partial charge in [0.2, 0.25) is 0 Å². The molecule has 2 rings (SSSR count). The Morgan fingerprint density at radius 2 is 2.00 bits per heavy atom. The maximum Gasteiger partial charge on any atom is 0.414 e. The molecule has 0 N–H and O–H groups in total. The smallest absolute Gasteiger partial charge is 0.414 e. The Kier molecular flexibility index (Phi) is 4.68. The SMILES string of the molecule is CS(=O)(=O)OC[C@H]1CN(c2cc(F)c(I)c(F)c2)C(=O)O1. The molecule has 1 saturated heterocycles. The summed E-state index contributed by atoms with van der Waals surface area (Å²) >= 11 is 1.51. The van der Waals surface area contributed by atoms with Crippen molar-refractivity contribution >= 4 is 44.5 Å². The van der Waals surface area contributed by atoms with E-state index in [-0.39, 0.29) is 22.4 Å². The fourth-order valence-corrected chi connectivity index (χ4v) is 2.43. The molecule has 1 atom stereocenters. The third kappa shape index (κ3) is 4.01. The van der Waals surface area contributed by atoms with E-state index in [1.807, 2.05) is 0 Å². The van der Waals surface area contributed by atoms with Crippen LogP contribution in [-0.2, 0) is 19.0 Å². The van der Waals surface area contributed by atoms with Crippen molar-refractivity contribution in [3.63, 3.8) is 0 Å². The van der Waals surface area contributed by atoms with Gasteiger partial charge in [0.1, 0.15) is 24.3 Å². The van der Waals surface area contributed by atoms with Crippen molar-refractivity contribution in [2.24, 2.45) is 0 Å². The Morgan fingerprint density at radius 3 is 2.52 bits per heavy atom. The molecule has 1 fully saturated rings. The van der Waals surface area contributed by atoms with E-state index in [0.29, 0.717) is 0 Å². The van der Waals surface area contributed by atoms with Crippen molar-refractivity contribution in [2.75, 3.05) is 24.3 Å². The van der Waals surface area contributed by atoms with Crippen molar-refractivity contribution in [1.29, 1.82) is 0 Å². The number of benzene rings is 1. The number of ether oxygens (including phenoxy) is 1. The second-order valence-corrected chi connectivity index (χ2v) is 7.05. The number of hydrogen-bond acceptors (Lipinski definition) is 5. The molecule has 10 heteroatoms. The van der Waals surface area contributed by atoms with Crippen LogP contribution in [0.15, 0.2) is 12.1 Å². The second-order valence-electron chi connectivity index (χ2n) is 4.33. The molecule has 0 unspecified atom stereocenters. The van der Waals surface area contributed by atoms with Crippen LogP contribution in [0.5, 0.6) is 0 Å². The molecular formula is C11H10F2INO5S. The Balaban J connectivity index is 2.13. The van der Waals surface area contributed by atoms with Crippen LogP contribution >= 0.6 is 22.6 Å². The number of nitrogens with zero attached hydrogens (tertiary/aromatic N) is 1. The van der Waals surface area contributed by atoms with Gasteiger partial charge in [-0.15, -0.1) is 0 Å². The fourth-order valence-electron chi connectivity index (χ4n) is 1.72. The molecule has 0 aromatic heterocycles. The van der Waals surface area contributed by atoms with Crippen molar-refractivity contribution in [3.05, 3.63) is 27.3 Å². The number of cyclic esters (lactones) is 1.